The number of benzene rings is 4. The Hall–Kier alpha value is -6.70. The molecule has 4 fully saturated rings. The van der Waals surface area contributed by atoms with E-state index in [1.165, 1.54) is 33.0 Å². The van der Waals surface area contributed by atoms with Gasteiger partial charge in [0.25, 0.3) is 5.91 Å². The Morgan fingerprint density at radius 3 is 1.90 bits per heavy atom. The highest BCUT2D eigenvalue weighted by Gasteiger charge is 2.79. The van der Waals surface area contributed by atoms with Gasteiger partial charge in [-0.05, 0) is 85.1 Å². The molecule has 4 aromatic rings. The molecule has 80 heavy (non-hydrogen) atoms. The van der Waals surface area contributed by atoms with E-state index in [1.54, 1.807) is 137 Å². The number of rotatable bonds is 16. The van der Waals surface area contributed by atoms with Crippen molar-refractivity contribution in [3.63, 3.8) is 0 Å². The molecule has 426 valence electrons. The molecule has 12 atom stereocenters. The van der Waals surface area contributed by atoms with Gasteiger partial charge in [0.05, 0.1) is 49.9 Å². The summed E-state index contributed by atoms with van der Waals surface area (Å²) in [5.41, 5.74) is -5.79. The molecule has 4 aromatic carbocycles. The van der Waals surface area contributed by atoms with Gasteiger partial charge >= 0.3 is 23.9 Å². The number of ketones is 1. The zero-order valence-electron chi connectivity index (χ0n) is 47.3. The second-order valence-electron chi connectivity index (χ2n) is 22.5. The maximum atomic E-state index is 16.6. The number of carbonyl (C=O) groups excluding carboxylic acids is 6. The van der Waals surface area contributed by atoms with Crippen molar-refractivity contribution in [3.8, 4) is 11.5 Å². The summed E-state index contributed by atoms with van der Waals surface area (Å²) in [6.45, 7) is 15.0. The van der Waals surface area contributed by atoms with Crippen LogP contribution >= 0.6 is 0 Å². The average molecular weight is 1120 g/mol. The maximum absolute atomic E-state index is 16.6. The molecule has 9 rings (SSSR count). The van der Waals surface area contributed by atoms with E-state index in [9.17, 15) is 19.5 Å². The molecule has 17 nitrogen and oxygen atoms in total. The zero-order valence-corrected chi connectivity index (χ0v) is 48.3. The number of fused-ring (bicyclic) bond motifs is 5. The third-order valence-electron chi connectivity index (χ3n) is 18.2. The normalized spacial score (nSPS) is 30.5. The van der Waals surface area contributed by atoms with Crippen LogP contribution in [0.5, 0.6) is 11.5 Å². The molecular weight excluding hydrogens is 1040 g/mol. The van der Waals surface area contributed by atoms with Crippen LogP contribution in [0.1, 0.15) is 119 Å². The van der Waals surface area contributed by atoms with Crippen molar-refractivity contribution in [2.45, 2.75) is 153 Å². The smallest absolute Gasteiger partial charge is 0.338 e. The second kappa shape index (κ2) is 22.3. The lowest BCUT2D eigenvalue weighted by Gasteiger charge is -2.68. The number of ether oxygens (including phenoxy) is 8. The number of hydrogen-bond acceptors (Lipinski definition) is 16. The number of methoxy groups -OCH3 is 2. The van der Waals surface area contributed by atoms with Crippen molar-refractivity contribution >= 4 is 43.9 Å². The van der Waals surface area contributed by atoms with Crippen LogP contribution in [0, 0.1) is 16.7 Å². The van der Waals surface area contributed by atoms with Gasteiger partial charge in [0, 0.05) is 43.2 Å². The van der Waals surface area contributed by atoms with Gasteiger partial charge in [0.15, 0.2) is 49.6 Å². The van der Waals surface area contributed by atoms with Crippen molar-refractivity contribution in [1.29, 1.82) is 0 Å². The van der Waals surface area contributed by atoms with Crippen molar-refractivity contribution in [3.05, 3.63) is 143 Å². The zero-order chi connectivity index (χ0) is 57.7. The van der Waals surface area contributed by atoms with E-state index in [1.807, 2.05) is 0 Å². The third-order valence-corrected chi connectivity index (χ3v) is 22.8. The summed E-state index contributed by atoms with van der Waals surface area (Å²) in [5.74, 6) is -5.16. The summed E-state index contributed by atoms with van der Waals surface area (Å²) < 4.78 is 58.0. The van der Waals surface area contributed by atoms with Crippen molar-refractivity contribution in [2.75, 3.05) is 20.8 Å². The number of carbonyl (C=O) groups is 6. The summed E-state index contributed by atoms with van der Waals surface area (Å²) in [5, 5.41) is 14.5. The fraction of sp³-hybridized carbons (Fsp3) is 0.484. The van der Waals surface area contributed by atoms with Crippen LogP contribution in [0.4, 0.5) is 0 Å². The Morgan fingerprint density at radius 2 is 1.35 bits per heavy atom. The lowest BCUT2D eigenvalue weighted by Crippen LogP contribution is -2.82. The molecule has 0 aromatic heterocycles. The number of hydrogen-bond donors (Lipinski definition) is 1. The number of esters is 4. The topological polar surface area (TPSA) is 209 Å². The molecule has 2 aliphatic heterocycles. The molecule has 5 aliphatic rings. The van der Waals surface area contributed by atoms with E-state index >= 15 is 14.4 Å². The van der Waals surface area contributed by atoms with Crippen LogP contribution in [0.2, 0.25) is 18.1 Å². The molecule has 0 radical (unpaired) electrons. The highest BCUT2D eigenvalue weighted by atomic mass is 28.4. The lowest BCUT2D eigenvalue weighted by molar-refractivity contribution is -0.344. The Kier molecular flexibility index (Phi) is 16.2. The van der Waals surface area contributed by atoms with Gasteiger partial charge in [-0.3, -0.25) is 24.1 Å². The lowest BCUT2D eigenvalue weighted by atomic mass is 9.44. The largest absolute Gasteiger partial charge is 0.493 e. The molecule has 1 N–H and O–H groups in total. The number of Topliss-reactive ketones (excluding diaryl/α,β-unsaturated/α-hetero) is 1. The van der Waals surface area contributed by atoms with Gasteiger partial charge in [-0.15, -0.1) is 0 Å². The highest BCUT2D eigenvalue weighted by Crippen LogP contribution is 2.65. The average Bonchev–Trinajstić information content (AvgIpc) is 3.60. The SMILES string of the molecule is CC[Si](CC)(CC)O[C@H]1C[C@H]2OC[C@@]2(OC(C)=O)[C@H]2[C@H](OC(=O)c3ccccc3)[C@]3(O)C[C@H](OC(=O)[C@@H]4OC(c5ccc(OC)c(OC)c5)N(C(=O)c5ccccc5)[C@H]4c4ccccc4)C(C)=C([C@@H](OC(C)=O)C(=O)[C@]12C)C3(C)C. The van der Waals surface area contributed by atoms with E-state index in [-0.39, 0.29) is 29.7 Å². The first kappa shape index (κ1) is 58.0. The first-order valence-corrected chi connectivity index (χ1v) is 30.0. The van der Waals surface area contributed by atoms with Crippen LogP contribution in [-0.2, 0) is 52.0 Å². The van der Waals surface area contributed by atoms with E-state index in [0.717, 1.165) is 0 Å². The molecule has 2 saturated carbocycles. The van der Waals surface area contributed by atoms with E-state index < -0.39 is 127 Å². The van der Waals surface area contributed by atoms with Gasteiger partial charge in [-0.1, -0.05) is 107 Å². The molecule has 1 unspecified atom stereocenters. The van der Waals surface area contributed by atoms with Crippen LogP contribution < -0.4 is 9.47 Å². The summed E-state index contributed by atoms with van der Waals surface area (Å²) in [6.07, 6.45) is -10.0. The monoisotopic (exact) mass is 1120 g/mol. The number of aliphatic hydroxyl groups is 1. The standard InChI is InChI=1S/C62H73NO16Si/c1-12-80(13-2,14-3)79-46-33-47-61(35-73-47,78-38(6)65)52-54(77-57(68)41-28-22-17-23-29-41)62(70)34-45(36(4)48(59(62,7)8)50(74-37(5)64)53(66)60(46,52)9)75-58(69)51-49(39-24-18-15-19-25-39)63(55(67)40-26-20-16-21-27-40)56(76-51)42-30-31-43(71-10)44(32-42)72-11/h15-32,45-47,49-52,54,56,70H,12-14,33-35H2,1-11H3/t45-,46-,47+,49-,50+,51+,52-,54-,56?,60+,61-,62+/m0/s1. The minimum Gasteiger partial charge on any atom is -0.493 e. The Balaban J connectivity index is 1.25. The molecular formula is C62H73NO16Si. The van der Waals surface area contributed by atoms with Gasteiger partial charge in [-0.25, -0.2) is 9.59 Å². The fourth-order valence-electron chi connectivity index (χ4n) is 13.6. The minimum atomic E-state index is -2.67. The van der Waals surface area contributed by atoms with Crippen molar-refractivity contribution in [1.82, 2.24) is 4.90 Å². The third kappa shape index (κ3) is 9.63. The van der Waals surface area contributed by atoms with E-state index in [2.05, 4.69) is 20.8 Å². The van der Waals surface area contributed by atoms with Crippen LogP contribution in [0.15, 0.2) is 120 Å². The fourth-order valence-corrected chi connectivity index (χ4v) is 16.6. The summed E-state index contributed by atoms with van der Waals surface area (Å²) in [4.78, 5) is 91.1. The molecule has 2 saturated heterocycles. The Labute approximate surface area is 468 Å². The van der Waals surface area contributed by atoms with Gasteiger partial charge in [0.1, 0.15) is 23.9 Å². The van der Waals surface area contributed by atoms with Gasteiger partial charge < -0.3 is 47.4 Å². The van der Waals surface area contributed by atoms with Crippen molar-refractivity contribution in [2.24, 2.45) is 16.7 Å². The minimum absolute atomic E-state index is 0.0745. The summed E-state index contributed by atoms with van der Waals surface area (Å²) in [6, 6.07) is 31.6. The summed E-state index contributed by atoms with van der Waals surface area (Å²) >= 11 is 0. The highest BCUT2D eigenvalue weighted by molar-refractivity contribution is 6.73. The predicted octanol–water partition coefficient (Wildman–Crippen LogP) is 9.23. The Morgan fingerprint density at radius 1 is 0.750 bits per heavy atom. The molecule has 3 aliphatic carbocycles. The molecule has 1 amide bonds. The first-order chi connectivity index (χ1) is 38.1. The first-order valence-electron chi connectivity index (χ1n) is 27.5. The maximum Gasteiger partial charge on any atom is 0.338 e. The predicted molar refractivity (Wildman–Crippen MR) is 294 cm³/mol. The van der Waals surface area contributed by atoms with E-state index in [0.29, 0.717) is 46.3 Å². The molecule has 0 spiro atoms. The van der Waals surface area contributed by atoms with Gasteiger partial charge in [0.2, 0.25) is 0 Å². The van der Waals surface area contributed by atoms with Crippen LogP contribution in [-0.4, -0.2) is 123 Å². The second-order valence-corrected chi connectivity index (χ2v) is 27.2. The van der Waals surface area contributed by atoms with Gasteiger partial charge in [-0.2, -0.15) is 0 Å². The number of nitrogens with zero attached hydrogens (tertiary/aromatic N) is 1. The molecule has 2 bridgehead atoms. The quantitative estimate of drug-likeness (QED) is 0.0480. The Bertz CT molecular complexity index is 3030. The van der Waals surface area contributed by atoms with Crippen LogP contribution in [0.25, 0.3) is 0 Å². The van der Waals surface area contributed by atoms with Crippen LogP contribution in [0.3, 0.4) is 0 Å². The van der Waals surface area contributed by atoms with Crippen molar-refractivity contribution < 1.29 is 76.2 Å². The molecule has 18 heteroatoms. The summed E-state index contributed by atoms with van der Waals surface area (Å²) in [7, 11) is 0.304. The number of amides is 1. The molecule has 2 heterocycles. The van der Waals surface area contributed by atoms with E-state index in [4.69, 9.17) is 42.3 Å².